The van der Waals surface area contributed by atoms with Crippen molar-refractivity contribution in [1.29, 1.82) is 0 Å². The van der Waals surface area contributed by atoms with Crippen LogP contribution in [0.15, 0.2) is 60.7 Å². The van der Waals surface area contributed by atoms with E-state index in [1.165, 1.54) is 6.92 Å². The van der Waals surface area contributed by atoms with E-state index in [9.17, 15) is 34.2 Å². The summed E-state index contributed by atoms with van der Waals surface area (Å²) in [4.78, 5) is 61.1. The first-order valence-corrected chi connectivity index (χ1v) is 13.0. The number of ether oxygens (including phenoxy) is 1. The van der Waals surface area contributed by atoms with Crippen LogP contribution >= 0.6 is 0 Å². The minimum absolute atomic E-state index is 0.00325. The van der Waals surface area contributed by atoms with E-state index in [2.05, 4.69) is 16.0 Å². The normalized spacial score (nSPS) is 14.4. The van der Waals surface area contributed by atoms with Crippen molar-refractivity contribution in [2.24, 2.45) is 11.5 Å². The Bertz CT molecular complexity index is 1160. The minimum Gasteiger partial charge on any atom is -0.445 e. The zero-order valence-electron chi connectivity index (χ0n) is 22.7. The van der Waals surface area contributed by atoms with Crippen molar-refractivity contribution in [2.45, 2.75) is 69.5 Å². The number of nitrogens with two attached hydrogens (primary N) is 2. The fraction of sp³-hybridized carbons (Fsp3) is 0.393. The molecule has 0 unspecified atom stereocenters. The molecule has 5 atom stereocenters. The Hall–Kier alpha value is -4.49. The SMILES string of the molecule is C[C@@H](O)[C@H](NC(=O)[C@H](CCC(N)=O)NC(=O)C[C@H](O)[C@H](Cc1ccccc1)NC(=O)OCc1ccccc1)C(N)=O. The van der Waals surface area contributed by atoms with Gasteiger partial charge in [-0.25, -0.2) is 4.79 Å². The quantitative estimate of drug-likeness (QED) is 0.137. The van der Waals surface area contributed by atoms with Gasteiger partial charge in [-0.3, -0.25) is 19.2 Å². The Morgan fingerprint density at radius 3 is 1.98 bits per heavy atom. The first kappa shape index (κ1) is 32.7. The summed E-state index contributed by atoms with van der Waals surface area (Å²) < 4.78 is 5.26. The van der Waals surface area contributed by atoms with Crippen molar-refractivity contribution in [2.75, 3.05) is 0 Å². The van der Waals surface area contributed by atoms with Gasteiger partial charge in [-0.2, -0.15) is 0 Å². The average Bonchev–Trinajstić information content (AvgIpc) is 2.93. The lowest BCUT2D eigenvalue weighted by Gasteiger charge is -2.26. The number of rotatable bonds is 16. The summed E-state index contributed by atoms with van der Waals surface area (Å²) >= 11 is 0. The fourth-order valence-corrected chi connectivity index (χ4v) is 3.89. The molecule has 0 radical (unpaired) electrons. The van der Waals surface area contributed by atoms with Gasteiger partial charge in [0.1, 0.15) is 18.7 Å². The van der Waals surface area contributed by atoms with Gasteiger partial charge in [0.25, 0.3) is 0 Å². The molecule has 0 aliphatic carbocycles. The molecule has 41 heavy (non-hydrogen) atoms. The molecule has 2 aromatic rings. The van der Waals surface area contributed by atoms with Crippen LogP contribution in [-0.2, 0) is 36.9 Å². The number of hydrogen-bond donors (Lipinski definition) is 7. The third-order valence-corrected chi connectivity index (χ3v) is 6.09. The predicted octanol–water partition coefficient (Wildman–Crippen LogP) is -0.624. The van der Waals surface area contributed by atoms with E-state index in [1.54, 1.807) is 48.5 Å². The van der Waals surface area contributed by atoms with E-state index >= 15 is 0 Å². The highest BCUT2D eigenvalue weighted by Crippen LogP contribution is 2.11. The molecule has 0 spiro atoms. The number of carbonyl (C=O) groups excluding carboxylic acids is 5. The third kappa shape index (κ3) is 12.1. The molecule has 0 bridgehead atoms. The smallest absolute Gasteiger partial charge is 0.407 e. The van der Waals surface area contributed by atoms with E-state index < -0.39 is 66.5 Å². The Morgan fingerprint density at radius 1 is 0.854 bits per heavy atom. The first-order chi connectivity index (χ1) is 19.5. The van der Waals surface area contributed by atoms with Gasteiger partial charge in [-0.05, 0) is 30.9 Å². The topological polar surface area (TPSA) is 223 Å². The molecule has 0 heterocycles. The molecule has 0 saturated heterocycles. The molecule has 0 saturated carbocycles. The molecule has 13 heteroatoms. The number of aliphatic hydroxyl groups excluding tert-OH is 2. The lowest BCUT2D eigenvalue weighted by atomic mass is 9.98. The predicted molar refractivity (Wildman–Crippen MR) is 147 cm³/mol. The Balaban J connectivity index is 2.10. The molecule has 2 aromatic carbocycles. The van der Waals surface area contributed by atoms with Crippen LogP contribution in [0.2, 0.25) is 0 Å². The zero-order chi connectivity index (χ0) is 30.4. The lowest BCUT2D eigenvalue weighted by Crippen LogP contribution is -2.56. The van der Waals surface area contributed by atoms with Crippen LogP contribution in [-0.4, -0.2) is 70.3 Å². The summed E-state index contributed by atoms with van der Waals surface area (Å²) in [6.07, 6.45) is -4.40. The molecule has 2 rings (SSSR count). The maximum Gasteiger partial charge on any atom is 0.407 e. The maximum absolute atomic E-state index is 12.9. The summed E-state index contributed by atoms with van der Waals surface area (Å²) in [5.74, 6) is -3.41. The van der Waals surface area contributed by atoms with E-state index in [0.29, 0.717) is 0 Å². The number of nitrogens with one attached hydrogen (secondary N) is 3. The van der Waals surface area contributed by atoms with Crippen LogP contribution in [0, 0.1) is 0 Å². The number of carbonyl (C=O) groups is 5. The number of alkyl carbamates (subject to hydrolysis) is 1. The molecular formula is C28H37N5O8. The van der Waals surface area contributed by atoms with Crippen molar-refractivity contribution in [3.63, 3.8) is 0 Å². The van der Waals surface area contributed by atoms with Gasteiger partial charge in [-0.1, -0.05) is 60.7 Å². The average molecular weight is 572 g/mol. The highest BCUT2D eigenvalue weighted by molar-refractivity contribution is 5.92. The highest BCUT2D eigenvalue weighted by atomic mass is 16.5. The van der Waals surface area contributed by atoms with Crippen molar-refractivity contribution < 1.29 is 38.9 Å². The number of primary amides is 2. The van der Waals surface area contributed by atoms with Crippen LogP contribution in [0.5, 0.6) is 0 Å². The van der Waals surface area contributed by atoms with Crippen molar-refractivity contribution >= 4 is 29.7 Å². The highest BCUT2D eigenvalue weighted by Gasteiger charge is 2.30. The lowest BCUT2D eigenvalue weighted by molar-refractivity contribution is -0.133. The monoisotopic (exact) mass is 571 g/mol. The Morgan fingerprint density at radius 2 is 1.44 bits per heavy atom. The summed E-state index contributed by atoms with van der Waals surface area (Å²) in [5.41, 5.74) is 11.9. The molecule has 13 nitrogen and oxygen atoms in total. The number of amides is 5. The van der Waals surface area contributed by atoms with E-state index in [-0.39, 0.29) is 25.9 Å². The van der Waals surface area contributed by atoms with E-state index in [1.807, 2.05) is 12.1 Å². The van der Waals surface area contributed by atoms with Gasteiger partial charge in [0.2, 0.25) is 23.6 Å². The van der Waals surface area contributed by atoms with Crippen molar-refractivity contribution in [1.82, 2.24) is 16.0 Å². The molecule has 0 aliphatic rings. The van der Waals surface area contributed by atoms with E-state index in [0.717, 1.165) is 11.1 Å². The molecule has 5 amide bonds. The van der Waals surface area contributed by atoms with Gasteiger partial charge >= 0.3 is 6.09 Å². The van der Waals surface area contributed by atoms with Gasteiger partial charge in [-0.15, -0.1) is 0 Å². The summed E-state index contributed by atoms with van der Waals surface area (Å²) in [6.45, 7) is 1.24. The second kappa shape index (κ2) is 16.6. The second-order valence-corrected chi connectivity index (χ2v) is 9.53. The summed E-state index contributed by atoms with van der Waals surface area (Å²) in [7, 11) is 0. The zero-order valence-corrected chi connectivity index (χ0v) is 22.7. The van der Waals surface area contributed by atoms with Crippen molar-refractivity contribution in [3.05, 3.63) is 71.8 Å². The second-order valence-electron chi connectivity index (χ2n) is 9.53. The number of aliphatic hydroxyl groups is 2. The van der Waals surface area contributed by atoms with E-state index in [4.69, 9.17) is 16.2 Å². The van der Waals surface area contributed by atoms with Crippen LogP contribution in [0.3, 0.4) is 0 Å². The van der Waals surface area contributed by atoms with Crippen molar-refractivity contribution in [3.8, 4) is 0 Å². The molecule has 0 aliphatic heterocycles. The largest absolute Gasteiger partial charge is 0.445 e. The van der Waals surface area contributed by atoms with Crippen LogP contribution in [0.4, 0.5) is 4.79 Å². The molecule has 0 fully saturated rings. The third-order valence-electron chi connectivity index (χ3n) is 6.09. The number of hydrogen-bond acceptors (Lipinski definition) is 8. The fourth-order valence-electron chi connectivity index (χ4n) is 3.89. The van der Waals surface area contributed by atoms with Crippen LogP contribution in [0.1, 0.15) is 37.3 Å². The van der Waals surface area contributed by atoms with Crippen LogP contribution in [0.25, 0.3) is 0 Å². The maximum atomic E-state index is 12.9. The first-order valence-electron chi connectivity index (χ1n) is 13.0. The standard InChI is InChI=1S/C28H37N5O8/c1-17(34)25(26(30)38)33-27(39)20(12-13-23(29)36)31-24(37)15-22(35)21(14-18-8-4-2-5-9-18)32-28(40)41-16-19-10-6-3-7-11-19/h2-11,17,20-22,25,34-35H,12-16H2,1H3,(H2,29,36)(H2,30,38)(H,31,37)(H,32,40)(H,33,39)/t17-,20+,21+,22+,25+/m1/s1. The number of benzene rings is 2. The van der Waals surface area contributed by atoms with Gasteiger partial charge < -0.3 is 42.4 Å². The summed E-state index contributed by atoms with van der Waals surface area (Å²) in [5, 5.41) is 27.9. The Kier molecular flexibility index (Phi) is 13.2. The molecule has 0 aromatic heterocycles. The molecule has 222 valence electrons. The molecular weight excluding hydrogens is 534 g/mol. The van der Waals surface area contributed by atoms with Gasteiger partial charge in [0.15, 0.2) is 0 Å². The summed E-state index contributed by atoms with van der Waals surface area (Å²) in [6, 6.07) is 14.2. The van der Waals surface area contributed by atoms with Gasteiger partial charge in [0.05, 0.1) is 24.7 Å². The molecule has 9 N–H and O–H groups in total. The van der Waals surface area contributed by atoms with Gasteiger partial charge in [0, 0.05) is 6.42 Å². The van der Waals surface area contributed by atoms with Crippen LogP contribution < -0.4 is 27.4 Å². The minimum atomic E-state index is -1.44. The Labute approximate surface area is 237 Å².